The van der Waals surface area contributed by atoms with Gasteiger partial charge in [0, 0.05) is 11.1 Å². The summed E-state index contributed by atoms with van der Waals surface area (Å²) in [7, 11) is 1.64. The highest BCUT2D eigenvalue weighted by atomic mass is 16.5. The molecule has 21 heavy (non-hydrogen) atoms. The zero-order chi connectivity index (χ0) is 14.8. The minimum atomic E-state index is 0.0531. The van der Waals surface area contributed by atoms with Crippen molar-refractivity contribution in [1.82, 2.24) is 4.98 Å². The fraction of sp³-hybridized carbons (Fsp3) is 0.0625. The van der Waals surface area contributed by atoms with Crippen molar-refractivity contribution >= 4 is 11.9 Å². The zero-order valence-electron chi connectivity index (χ0n) is 11.5. The number of hydrogen-bond acceptors (Lipinski definition) is 5. The molecule has 106 valence electrons. The Hall–Kier alpha value is -2.95. The van der Waals surface area contributed by atoms with Gasteiger partial charge in [-0.1, -0.05) is 42.5 Å². The van der Waals surface area contributed by atoms with Crippen LogP contribution < -0.4 is 16.2 Å². The number of methoxy groups -OCH3 is 1. The van der Waals surface area contributed by atoms with Gasteiger partial charge in [0.15, 0.2) is 0 Å². The lowest BCUT2D eigenvalue weighted by molar-refractivity contribution is 0.416. The Balaban J connectivity index is 2.23. The van der Waals surface area contributed by atoms with Crippen molar-refractivity contribution < 1.29 is 9.15 Å². The maximum absolute atomic E-state index is 5.85. The third-order valence-electron chi connectivity index (χ3n) is 3.25. The van der Waals surface area contributed by atoms with E-state index in [9.17, 15) is 0 Å². The largest absolute Gasteiger partial charge is 0.496 e. The highest BCUT2D eigenvalue weighted by molar-refractivity contribution is 5.87. The van der Waals surface area contributed by atoms with Gasteiger partial charge in [0.05, 0.1) is 7.11 Å². The minimum Gasteiger partial charge on any atom is -0.496 e. The quantitative estimate of drug-likeness (QED) is 0.769. The predicted molar refractivity (Wildman–Crippen MR) is 82.8 cm³/mol. The number of oxazole rings is 1. The van der Waals surface area contributed by atoms with Crippen LogP contribution in [-0.4, -0.2) is 12.1 Å². The van der Waals surface area contributed by atoms with Gasteiger partial charge in [0.25, 0.3) is 6.01 Å². The number of benzene rings is 2. The van der Waals surface area contributed by atoms with Crippen LogP contribution in [0.2, 0.25) is 0 Å². The third kappa shape index (κ3) is 2.29. The second-order valence-corrected chi connectivity index (χ2v) is 4.51. The molecule has 0 saturated heterocycles. The minimum absolute atomic E-state index is 0.0531. The molecule has 5 nitrogen and oxygen atoms in total. The molecule has 0 aliphatic carbocycles. The van der Waals surface area contributed by atoms with E-state index in [0.717, 1.165) is 22.4 Å². The Morgan fingerprint density at radius 2 is 1.52 bits per heavy atom. The van der Waals surface area contributed by atoms with Crippen molar-refractivity contribution in [3.8, 4) is 28.1 Å². The molecule has 0 amide bonds. The Bertz CT molecular complexity index is 781. The Kier molecular flexibility index (Phi) is 3.23. The number of aromatic nitrogens is 1. The fourth-order valence-electron chi connectivity index (χ4n) is 2.33. The molecule has 5 heteroatoms. The van der Waals surface area contributed by atoms with E-state index in [0.29, 0.717) is 5.69 Å². The molecule has 0 unspecified atom stereocenters. The second-order valence-electron chi connectivity index (χ2n) is 4.51. The van der Waals surface area contributed by atoms with Crippen molar-refractivity contribution in [3.05, 3.63) is 48.5 Å². The lowest BCUT2D eigenvalue weighted by Crippen LogP contribution is -1.92. The average Bonchev–Trinajstić information content (AvgIpc) is 2.85. The average molecular weight is 281 g/mol. The van der Waals surface area contributed by atoms with E-state index in [1.807, 2.05) is 48.5 Å². The van der Waals surface area contributed by atoms with Crippen molar-refractivity contribution in [2.45, 2.75) is 0 Å². The van der Waals surface area contributed by atoms with Crippen LogP contribution in [0.25, 0.3) is 22.4 Å². The molecule has 0 atom stereocenters. The van der Waals surface area contributed by atoms with Gasteiger partial charge in [0.1, 0.15) is 11.4 Å². The normalized spacial score (nSPS) is 10.5. The molecule has 0 spiro atoms. The SMILES string of the molecule is COc1ccccc1-c1ccccc1-c1nc(N)oc1N. The Morgan fingerprint density at radius 3 is 2.14 bits per heavy atom. The molecule has 4 N–H and O–H groups in total. The van der Waals surface area contributed by atoms with Crippen LogP contribution in [0.4, 0.5) is 11.9 Å². The number of para-hydroxylation sites is 1. The van der Waals surface area contributed by atoms with Crippen LogP contribution in [0, 0.1) is 0 Å². The van der Waals surface area contributed by atoms with Crippen molar-refractivity contribution in [1.29, 1.82) is 0 Å². The van der Waals surface area contributed by atoms with Gasteiger partial charge >= 0.3 is 0 Å². The molecule has 1 heterocycles. The third-order valence-corrected chi connectivity index (χ3v) is 3.25. The zero-order valence-corrected chi connectivity index (χ0v) is 11.5. The van der Waals surface area contributed by atoms with Gasteiger partial charge in [0.2, 0.25) is 5.88 Å². The molecule has 0 aliphatic heterocycles. The molecule has 1 aromatic heterocycles. The van der Waals surface area contributed by atoms with Crippen LogP contribution in [0.1, 0.15) is 0 Å². The van der Waals surface area contributed by atoms with Gasteiger partial charge in [-0.2, -0.15) is 4.98 Å². The van der Waals surface area contributed by atoms with Gasteiger partial charge in [-0.3, -0.25) is 0 Å². The first-order valence-corrected chi connectivity index (χ1v) is 6.45. The first-order valence-electron chi connectivity index (χ1n) is 6.45. The van der Waals surface area contributed by atoms with Gasteiger partial charge in [-0.05, 0) is 11.6 Å². The molecule has 0 bridgehead atoms. The molecule has 3 rings (SSSR count). The maximum Gasteiger partial charge on any atom is 0.294 e. The van der Waals surface area contributed by atoms with E-state index < -0.39 is 0 Å². The fourth-order valence-corrected chi connectivity index (χ4v) is 2.33. The van der Waals surface area contributed by atoms with E-state index in [1.165, 1.54) is 0 Å². The van der Waals surface area contributed by atoms with Crippen LogP contribution in [-0.2, 0) is 0 Å². The molecule has 0 fully saturated rings. The molecular weight excluding hydrogens is 266 g/mol. The highest BCUT2D eigenvalue weighted by Crippen LogP contribution is 2.38. The first-order chi connectivity index (χ1) is 10.2. The van der Waals surface area contributed by atoms with Crippen molar-refractivity contribution in [2.24, 2.45) is 0 Å². The van der Waals surface area contributed by atoms with Gasteiger partial charge < -0.3 is 20.6 Å². The van der Waals surface area contributed by atoms with Gasteiger partial charge in [-0.25, -0.2) is 0 Å². The van der Waals surface area contributed by atoms with E-state index in [2.05, 4.69) is 4.98 Å². The van der Waals surface area contributed by atoms with Crippen molar-refractivity contribution in [2.75, 3.05) is 18.6 Å². The number of hydrogen-bond donors (Lipinski definition) is 2. The lowest BCUT2D eigenvalue weighted by Gasteiger charge is -2.11. The number of anilines is 2. The summed E-state index contributed by atoms with van der Waals surface area (Å²) in [6.07, 6.45) is 0. The number of nitrogen functional groups attached to an aromatic ring is 2. The molecular formula is C16H15N3O2. The Morgan fingerprint density at radius 1 is 0.905 bits per heavy atom. The van der Waals surface area contributed by atoms with Crippen LogP contribution in [0.3, 0.4) is 0 Å². The summed E-state index contributed by atoms with van der Waals surface area (Å²) in [6, 6.07) is 15.6. The van der Waals surface area contributed by atoms with Crippen LogP contribution in [0.5, 0.6) is 5.75 Å². The van der Waals surface area contributed by atoms with E-state index in [-0.39, 0.29) is 11.9 Å². The molecule has 0 radical (unpaired) electrons. The van der Waals surface area contributed by atoms with E-state index in [4.69, 9.17) is 20.6 Å². The van der Waals surface area contributed by atoms with Gasteiger partial charge in [-0.15, -0.1) is 0 Å². The first kappa shape index (κ1) is 13.1. The molecule has 3 aromatic rings. The summed E-state index contributed by atoms with van der Waals surface area (Å²) in [6.45, 7) is 0. The number of nitrogens with zero attached hydrogens (tertiary/aromatic N) is 1. The van der Waals surface area contributed by atoms with E-state index >= 15 is 0 Å². The summed E-state index contributed by atoms with van der Waals surface area (Å²) in [4.78, 5) is 4.17. The summed E-state index contributed by atoms with van der Waals surface area (Å²) < 4.78 is 10.6. The monoisotopic (exact) mass is 281 g/mol. The highest BCUT2D eigenvalue weighted by Gasteiger charge is 2.16. The number of nitrogens with two attached hydrogens (primary N) is 2. The maximum atomic E-state index is 5.85. The summed E-state index contributed by atoms with van der Waals surface area (Å²) in [5.41, 5.74) is 14.7. The van der Waals surface area contributed by atoms with Crippen molar-refractivity contribution in [3.63, 3.8) is 0 Å². The predicted octanol–water partition coefficient (Wildman–Crippen LogP) is 3.18. The van der Waals surface area contributed by atoms with Crippen LogP contribution >= 0.6 is 0 Å². The number of rotatable bonds is 3. The standard InChI is InChI=1S/C16H15N3O2/c1-20-13-9-5-4-7-11(13)10-6-2-3-8-12(10)14-15(17)21-16(18)19-14/h2-9H,17H2,1H3,(H2,18,19). The Labute approximate surface area is 122 Å². The molecule has 2 aromatic carbocycles. The topological polar surface area (TPSA) is 87.3 Å². The number of ether oxygens (including phenoxy) is 1. The molecule has 0 aliphatic rings. The summed E-state index contributed by atoms with van der Waals surface area (Å²) in [5, 5.41) is 0. The smallest absolute Gasteiger partial charge is 0.294 e. The van der Waals surface area contributed by atoms with E-state index in [1.54, 1.807) is 7.11 Å². The molecule has 0 saturated carbocycles. The lowest BCUT2D eigenvalue weighted by atomic mass is 9.97. The summed E-state index contributed by atoms with van der Waals surface area (Å²) in [5.74, 6) is 0.981. The second kappa shape index (κ2) is 5.20. The summed E-state index contributed by atoms with van der Waals surface area (Å²) >= 11 is 0. The van der Waals surface area contributed by atoms with Crippen LogP contribution in [0.15, 0.2) is 52.9 Å².